The van der Waals surface area contributed by atoms with Crippen LogP contribution in [-0.4, -0.2) is 25.2 Å². The van der Waals surface area contributed by atoms with Crippen LogP contribution in [0.5, 0.6) is 11.5 Å². The zero-order valence-electron chi connectivity index (χ0n) is 22.3. The Hall–Kier alpha value is -1.27. The third kappa shape index (κ3) is 6.19. The van der Waals surface area contributed by atoms with E-state index in [0.29, 0.717) is 23.5 Å². The molecule has 32 heavy (non-hydrogen) atoms. The van der Waals surface area contributed by atoms with Gasteiger partial charge < -0.3 is 9.84 Å². The van der Waals surface area contributed by atoms with Crippen molar-refractivity contribution in [1.29, 1.82) is 0 Å². The first-order valence-corrected chi connectivity index (χ1v) is 13.0. The maximum Gasteiger partial charge on any atom is 0.298 e. The summed E-state index contributed by atoms with van der Waals surface area (Å²) in [5, 5.41) is 10.8. The van der Waals surface area contributed by atoms with E-state index in [9.17, 15) is 18.1 Å². The molecule has 1 atom stereocenters. The maximum atomic E-state index is 12.8. The van der Waals surface area contributed by atoms with Crippen LogP contribution >= 0.6 is 0 Å². The first kappa shape index (κ1) is 28.8. The minimum absolute atomic E-state index is 0.0103. The summed E-state index contributed by atoms with van der Waals surface area (Å²) in [6.07, 6.45) is 2.26. The van der Waals surface area contributed by atoms with E-state index in [1.54, 1.807) is 6.92 Å². The number of ether oxygens (including phenoxy) is 1. The highest BCUT2D eigenvalue weighted by molar-refractivity contribution is 7.86. The van der Waals surface area contributed by atoms with Gasteiger partial charge in [-0.1, -0.05) is 69.2 Å². The molecule has 0 saturated heterocycles. The number of benzene rings is 1. The molecule has 1 aromatic carbocycles. The second-order valence-electron chi connectivity index (χ2n) is 12.3. The zero-order valence-corrected chi connectivity index (χ0v) is 23.1. The van der Waals surface area contributed by atoms with Crippen LogP contribution in [0.25, 0.3) is 0 Å². The predicted octanol–water partition coefficient (Wildman–Crippen LogP) is 7.14. The van der Waals surface area contributed by atoms with E-state index in [-0.39, 0.29) is 38.6 Å². The van der Waals surface area contributed by atoms with Crippen molar-refractivity contribution >= 4 is 10.1 Å². The van der Waals surface area contributed by atoms with Crippen LogP contribution in [0.15, 0.2) is 4.90 Å². The van der Waals surface area contributed by atoms with Crippen LogP contribution in [0.4, 0.5) is 0 Å². The van der Waals surface area contributed by atoms with Crippen molar-refractivity contribution in [2.24, 2.45) is 22.2 Å². The second-order valence-corrected chi connectivity index (χ2v) is 13.7. The van der Waals surface area contributed by atoms with E-state index in [1.165, 1.54) is 7.11 Å². The largest absolute Gasteiger partial charge is 0.504 e. The Balaban J connectivity index is 4.30. The van der Waals surface area contributed by atoms with Crippen molar-refractivity contribution in [2.75, 3.05) is 7.11 Å². The fourth-order valence-corrected chi connectivity index (χ4v) is 7.50. The SMILES string of the molecule is CCc1c(C)c(O)c(OC)c(S(=O)(=O)O)c1C(C(C)(C)CC(C)C)C(C)(C)CC(C)(C)C. The van der Waals surface area contributed by atoms with Gasteiger partial charge >= 0.3 is 0 Å². The van der Waals surface area contributed by atoms with E-state index >= 15 is 0 Å². The van der Waals surface area contributed by atoms with Crippen molar-refractivity contribution < 1.29 is 22.8 Å². The molecular weight excluding hydrogens is 424 g/mol. The first-order chi connectivity index (χ1) is 14.2. The molecule has 1 unspecified atom stereocenters. The van der Waals surface area contributed by atoms with Gasteiger partial charge in [0.15, 0.2) is 11.5 Å². The molecule has 1 rings (SSSR count). The summed E-state index contributed by atoms with van der Waals surface area (Å²) in [6, 6.07) is 0. The van der Waals surface area contributed by atoms with Crippen molar-refractivity contribution in [3.63, 3.8) is 0 Å². The standard InChI is InChI=1S/C26H46O5S/c1-13-18-17(4)20(27)21(31-12)22(32(28,29)30)19(18)23(25(8,9)14-16(2)3)26(10,11)15-24(5,6)7/h16,23,27H,13-15H2,1-12H3,(H,28,29,30). The lowest BCUT2D eigenvalue weighted by molar-refractivity contribution is 0.0763. The fraction of sp³-hybridized carbons (Fsp3) is 0.769. The molecule has 0 heterocycles. The van der Waals surface area contributed by atoms with E-state index in [2.05, 4.69) is 62.3 Å². The maximum absolute atomic E-state index is 12.8. The minimum atomic E-state index is -4.67. The monoisotopic (exact) mass is 470 g/mol. The average Bonchev–Trinajstić information content (AvgIpc) is 2.52. The van der Waals surface area contributed by atoms with E-state index < -0.39 is 10.1 Å². The topological polar surface area (TPSA) is 83.8 Å². The normalized spacial score (nSPS) is 14.7. The molecule has 0 aliphatic rings. The van der Waals surface area contributed by atoms with Crippen LogP contribution in [-0.2, 0) is 16.5 Å². The van der Waals surface area contributed by atoms with Gasteiger partial charge in [-0.25, -0.2) is 0 Å². The number of hydrogen-bond donors (Lipinski definition) is 2. The third-order valence-electron chi connectivity index (χ3n) is 6.39. The summed E-state index contributed by atoms with van der Waals surface area (Å²) >= 11 is 0. The summed E-state index contributed by atoms with van der Waals surface area (Å²) < 4.78 is 41.4. The molecule has 0 spiro atoms. The summed E-state index contributed by atoms with van der Waals surface area (Å²) in [7, 11) is -3.34. The van der Waals surface area contributed by atoms with Gasteiger partial charge in [0.25, 0.3) is 10.1 Å². The summed E-state index contributed by atoms with van der Waals surface area (Å²) in [4.78, 5) is -0.288. The molecule has 2 N–H and O–H groups in total. The van der Waals surface area contributed by atoms with Crippen LogP contribution in [0.2, 0.25) is 0 Å². The van der Waals surface area contributed by atoms with Crippen molar-refractivity contribution in [3.8, 4) is 11.5 Å². The summed E-state index contributed by atoms with van der Waals surface area (Å²) in [5.74, 6) is -0.210. The molecule has 5 nitrogen and oxygen atoms in total. The molecule has 0 amide bonds. The lowest BCUT2D eigenvalue weighted by Crippen LogP contribution is -2.39. The molecular formula is C26H46O5S. The Morgan fingerprint density at radius 3 is 1.84 bits per heavy atom. The summed E-state index contributed by atoms with van der Waals surface area (Å²) in [5.41, 5.74) is 1.36. The van der Waals surface area contributed by atoms with E-state index in [1.807, 2.05) is 6.92 Å². The van der Waals surface area contributed by atoms with Gasteiger partial charge in [0.1, 0.15) is 4.90 Å². The number of phenolic OH excluding ortho intramolecular Hbond substituents is 1. The van der Waals surface area contributed by atoms with Gasteiger partial charge in [0.2, 0.25) is 0 Å². The molecule has 186 valence electrons. The molecule has 0 radical (unpaired) electrons. The van der Waals surface area contributed by atoms with Gasteiger partial charge in [0.05, 0.1) is 7.11 Å². The van der Waals surface area contributed by atoms with E-state index in [0.717, 1.165) is 18.4 Å². The van der Waals surface area contributed by atoms with Gasteiger partial charge in [-0.2, -0.15) is 8.42 Å². The zero-order chi connectivity index (χ0) is 25.4. The Kier molecular flexibility index (Phi) is 8.57. The van der Waals surface area contributed by atoms with Crippen LogP contribution < -0.4 is 4.74 Å². The lowest BCUT2D eigenvalue weighted by Gasteiger charge is -2.49. The van der Waals surface area contributed by atoms with Gasteiger partial charge in [0, 0.05) is 0 Å². The Labute approximate surface area is 196 Å². The van der Waals surface area contributed by atoms with Gasteiger partial charge in [-0.05, 0) is 71.0 Å². The number of methoxy groups -OCH3 is 1. The number of hydrogen-bond acceptors (Lipinski definition) is 4. The molecule has 6 heteroatoms. The number of aromatic hydroxyl groups is 1. The Morgan fingerprint density at radius 2 is 1.50 bits per heavy atom. The Morgan fingerprint density at radius 1 is 1.00 bits per heavy atom. The quantitative estimate of drug-likeness (QED) is 0.375. The van der Waals surface area contributed by atoms with Crippen LogP contribution in [0, 0.1) is 29.1 Å². The van der Waals surface area contributed by atoms with Crippen molar-refractivity contribution in [2.45, 2.75) is 106 Å². The van der Waals surface area contributed by atoms with Crippen LogP contribution in [0.1, 0.15) is 105 Å². The number of phenols is 1. The lowest BCUT2D eigenvalue weighted by atomic mass is 9.55. The molecule has 1 aromatic rings. The molecule has 0 aliphatic carbocycles. The minimum Gasteiger partial charge on any atom is -0.504 e. The fourth-order valence-electron chi connectivity index (χ4n) is 6.57. The predicted molar refractivity (Wildman–Crippen MR) is 132 cm³/mol. The Bertz CT molecular complexity index is 919. The smallest absolute Gasteiger partial charge is 0.298 e. The molecule has 0 fully saturated rings. The number of rotatable bonds is 9. The average molecular weight is 471 g/mol. The van der Waals surface area contributed by atoms with Crippen LogP contribution in [0.3, 0.4) is 0 Å². The highest BCUT2D eigenvalue weighted by Crippen LogP contribution is 2.58. The van der Waals surface area contributed by atoms with Crippen molar-refractivity contribution in [3.05, 3.63) is 16.7 Å². The highest BCUT2D eigenvalue weighted by Gasteiger charge is 2.47. The molecule has 0 aromatic heterocycles. The van der Waals surface area contributed by atoms with Gasteiger partial charge in [-0.3, -0.25) is 4.55 Å². The second kappa shape index (κ2) is 9.54. The molecule has 0 aliphatic heterocycles. The first-order valence-electron chi connectivity index (χ1n) is 11.6. The van der Waals surface area contributed by atoms with E-state index in [4.69, 9.17) is 4.74 Å². The third-order valence-corrected chi connectivity index (χ3v) is 7.31. The van der Waals surface area contributed by atoms with Gasteiger partial charge in [-0.15, -0.1) is 0 Å². The highest BCUT2D eigenvalue weighted by atomic mass is 32.2. The van der Waals surface area contributed by atoms with Crippen molar-refractivity contribution in [1.82, 2.24) is 0 Å². The molecule has 0 saturated carbocycles. The summed E-state index contributed by atoms with van der Waals surface area (Å²) in [6.45, 7) is 23.4. The molecule has 0 bridgehead atoms.